The van der Waals surface area contributed by atoms with Crippen LogP contribution in [-0.2, 0) is 4.79 Å². The molecular formula is C16H22ClNO3. The first kappa shape index (κ1) is 16.1. The van der Waals surface area contributed by atoms with Crippen LogP contribution in [0.15, 0.2) is 24.3 Å². The average Bonchev–Trinajstić information content (AvgIpc) is 2.47. The Morgan fingerprint density at radius 1 is 1.33 bits per heavy atom. The first-order valence-electron chi connectivity index (χ1n) is 7.34. The van der Waals surface area contributed by atoms with E-state index in [2.05, 4.69) is 4.90 Å². The lowest BCUT2D eigenvalue weighted by atomic mass is 9.80. The van der Waals surface area contributed by atoms with Gasteiger partial charge in [0.05, 0.1) is 12.0 Å². The number of carboxylic acids is 1. The summed E-state index contributed by atoms with van der Waals surface area (Å²) in [5.41, 5.74) is -0.545. The highest BCUT2D eigenvalue weighted by Crippen LogP contribution is 2.30. The van der Waals surface area contributed by atoms with Gasteiger partial charge >= 0.3 is 5.97 Å². The number of hydrogen-bond acceptors (Lipinski definition) is 3. The van der Waals surface area contributed by atoms with Gasteiger partial charge in [0.1, 0.15) is 5.75 Å². The highest BCUT2D eigenvalue weighted by molar-refractivity contribution is 6.30. The van der Waals surface area contributed by atoms with Crippen LogP contribution in [0.4, 0.5) is 0 Å². The van der Waals surface area contributed by atoms with Crippen molar-refractivity contribution in [2.45, 2.75) is 26.2 Å². The number of halogens is 1. The first-order valence-corrected chi connectivity index (χ1v) is 7.71. The molecule has 0 radical (unpaired) electrons. The van der Waals surface area contributed by atoms with Gasteiger partial charge in [-0.15, -0.1) is 0 Å². The van der Waals surface area contributed by atoms with Gasteiger partial charge in [-0.2, -0.15) is 0 Å². The molecule has 1 aromatic rings. The van der Waals surface area contributed by atoms with Gasteiger partial charge in [0.15, 0.2) is 0 Å². The van der Waals surface area contributed by atoms with E-state index in [1.165, 1.54) is 0 Å². The summed E-state index contributed by atoms with van der Waals surface area (Å²) in [4.78, 5) is 13.5. The van der Waals surface area contributed by atoms with Crippen molar-refractivity contribution in [3.8, 4) is 5.75 Å². The van der Waals surface area contributed by atoms with Gasteiger partial charge in [0.2, 0.25) is 0 Å². The number of aliphatic carboxylic acids is 1. The number of hydrogen-bond donors (Lipinski definition) is 1. The summed E-state index contributed by atoms with van der Waals surface area (Å²) in [6.45, 7) is 5.15. The average molecular weight is 312 g/mol. The third kappa shape index (κ3) is 4.61. The maximum absolute atomic E-state index is 11.2. The van der Waals surface area contributed by atoms with E-state index >= 15 is 0 Å². The molecular weight excluding hydrogens is 290 g/mol. The predicted octanol–water partition coefficient (Wildman–Crippen LogP) is 3.30. The Morgan fingerprint density at radius 3 is 2.52 bits per heavy atom. The summed E-state index contributed by atoms with van der Waals surface area (Å²) in [5, 5.41) is 9.90. The summed E-state index contributed by atoms with van der Waals surface area (Å²) >= 11 is 5.82. The zero-order valence-electron chi connectivity index (χ0n) is 12.3. The van der Waals surface area contributed by atoms with Crippen molar-refractivity contribution >= 4 is 17.6 Å². The number of carbonyl (C=O) groups is 1. The first-order chi connectivity index (χ1) is 9.99. The molecule has 21 heavy (non-hydrogen) atoms. The van der Waals surface area contributed by atoms with E-state index < -0.39 is 11.4 Å². The summed E-state index contributed by atoms with van der Waals surface area (Å²) in [5.74, 6) is 0.157. The molecule has 1 aromatic carbocycles. The van der Waals surface area contributed by atoms with Crippen LogP contribution in [0, 0.1) is 5.41 Å². The molecule has 0 bridgehead atoms. The Hall–Kier alpha value is -1.26. The molecule has 0 atom stereocenters. The Labute approximate surface area is 130 Å². The number of piperidine rings is 1. The summed E-state index contributed by atoms with van der Waals surface area (Å²) < 4.78 is 5.65. The van der Waals surface area contributed by atoms with Crippen molar-refractivity contribution < 1.29 is 14.6 Å². The maximum Gasteiger partial charge on any atom is 0.309 e. The van der Waals surface area contributed by atoms with Crippen molar-refractivity contribution in [2.24, 2.45) is 5.41 Å². The van der Waals surface area contributed by atoms with Crippen LogP contribution in [0.1, 0.15) is 26.2 Å². The third-order valence-corrected chi connectivity index (χ3v) is 4.43. The molecule has 0 saturated carbocycles. The number of ether oxygens (including phenoxy) is 1. The molecule has 5 heteroatoms. The fourth-order valence-electron chi connectivity index (χ4n) is 2.49. The fourth-order valence-corrected chi connectivity index (χ4v) is 2.62. The van der Waals surface area contributed by atoms with E-state index in [4.69, 9.17) is 16.3 Å². The van der Waals surface area contributed by atoms with Crippen molar-refractivity contribution in [3.63, 3.8) is 0 Å². The molecule has 0 aromatic heterocycles. The van der Waals surface area contributed by atoms with Crippen LogP contribution in [0.25, 0.3) is 0 Å². The summed E-state index contributed by atoms with van der Waals surface area (Å²) in [7, 11) is 0. The third-order valence-electron chi connectivity index (χ3n) is 4.18. The highest BCUT2D eigenvalue weighted by atomic mass is 35.5. The number of benzene rings is 1. The molecule has 0 amide bonds. The molecule has 4 nitrogen and oxygen atoms in total. The highest BCUT2D eigenvalue weighted by Gasteiger charge is 2.36. The molecule has 2 rings (SSSR count). The predicted molar refractivity (Wildman–Crippen MR) is 83.0 cm³/mol. The minimum absolute atomic E-state index is 0.545. The lowest BCUT2D eigenvalue weighted by Gasteiger charge is -2.36. The minimum atomic E-state index is -0.673. The lowest BCUT2D eigenvalue weighted by Crippen LogP contribution is -2.43. The lowest BCUT2D eigenvalue weighted by molar-refractivity contribution is -0.150. The normalized spacial score (nSPS) is 18.4. The van der Waals surface area contributed by atoms with Crippen molar-refractivity contribution in [3.05, 3.63) is 29.3 Å². The Bertz CT molecular complexity index is 467. The monoisotopic (exact) mass is 311 g/mol. The topological polar surface area (TPSA) is 49.8 Å². The zero-order chi connectivity index (χ0) is 15.3. The maximum atomic E-state index is 11.2. The number of rotatable bonds is 6. The van der Waals surface area contributed by atoms with Crippen molar-refractivity contribution in [2.75, 3.05) is 26.2 Å². The van der Waals surface area contributed by atoms with Crippen LogP contribution in [0.2, 0.25) is 5.02 Å². The second-order valence-corrected chi connectivity index (χ2v) is 6.30. The second-order valence-electron chi connectivity index (χ2n) is 5.86. The molecule has 0 spiro atoms. The smallest absolute Gasteiger partial charge is 0.309 e. The number of likely N-dealkylation sites (tertiary alicyclic amines) is 1. The number of nitrogens with zero attached hydrogens (tertiary/aromatic N) is 1. The standard InChI is InChI=1S/C16H22ClNO3/c1-16(15(19)20)7-10-18(11-8-16)9-2-12-21-14-5-3-13(17)4-6-14/h3-6H,2,7-12H2,1H3,(H,19,20). The van der Waals surface area contributed by atoms with E-state index in [0.717, 1.165) is 44.6 Å². The molecule has 0 aliphatic carbocycles. The molecule has 1 fully saturated rings. The minimum Gasteiger partial charge on any atom is -0.494 e. The van der Waals surface area contributed by atoms with Gasteiger partial charge in [-0.25, -0.2) is 0 Å². The van der Waals surface area contributed by atoms with E-state index in [0.29, 0.717) is 11.6 Å². The van der Waals surface area contributed by atoms with Crippen LogP contribution in [-0.4, -0.2) is 42.2 Å². The molecule has 1 heterocycles. The molecule has 1 N–H and O–H groups in total. The summed E-state index contributed by atoms with van der Waals surface area (Å²) in [6, 6.07) is 7.35. The van der Waals surface area contributed by atoms with E-state index in [9.17, 15) is 9.90 Å². The van der Waals surface area contributed by atoms with Gasteiger partial charge in [0.25, 0.3) is 0 Å². The van der Waals surface area contributed by atoms with Gasteiger partial charge in [0, 0.05) is 11.6 Å². The van der Waals surface area contributed by atoms with Crippen LogP contribution in [0.3, 0.4) is 0 Å². The molecule has 1 saturated heterocycles. The molecule has 1 aliphatic heterocycles. The van der Waals surface area contributed by atoms with Crippen LogP contribution < -0.4 is 4.74 Å². The fraction of sp³-hybridized carbons (Fsp3) is 0.562. The van der Waals surface area contributed by atoms with Gasteiger partial charge in [-0.3, -0.25) is 4.79 Å². The Morgan fingerprint density at radius 2 is 1.95 bits per heavy atom. The Balaban J connectivity index is 1.64. The van der Waals surface area contributed by atoms with E-state index in [1.807, 2.05) is 31.2 Å². The second kappa shape index (κ2) is 7.14. The molecule has 0 unspecified atom stereocenters. The Kier molecular flexibility index (Phi) is 5.48. The molecule has 116 valence electrons. The van der Waals surface area contributed by atoms with Gasteiger partial charge in [-0.05, 0) is 63.5 Å². The van der Waals surface area contributed by atoms with E-state index in [-0.39, 0.29) is 0 Å². The van der Waals surface area contributed by atoms with Gasteiger partial charge in [-0.1, -0.05) is 11.6 Å². The van der Waals surface area contributed by atoms with Gasteiger partial charge < -0.3 is 14.7 Å². The molecule has 1 aliphatic rings. The van der Waals surface area contributed by atoms with Crippen LogP contribution >= 0.6 is 11.6 Å². The largest absolute Gasteiger partial charge is 0.494 e. The van der Waals surface area contributed by atoms with E-state index in [1.54, 1.807) is 0 Å². The summed E-state index contributed by atoms with van der Waals surface area (Å²) in [6.07, 6.45) is 2.38. The van der Waals surface area contributed by atoms with Crippen molar-refractivity contribution in [1.29, 1.82) is 0 Å². The van der Waals surface area contributed by atoms with Crippen LogP contribution in [0.5, 0.6) is 5.75 Å². The van der Waals surface area contributed by atoms with Crippen molar-refractivity contribution in [1.82, 2.24) is 4.90 Å². The number of carboxylic acid groups (broad SMARTS) is 1. The quantitative estimate of drug-likeness (QED) is 0.819. The SMILES string of the molecule is CC1(C(=O)O)CCN(CCCOc2ccc(Cl)cc2)CC1. The zero-order valence-corrected chi connectivity index (χ0v) is 13.1.